The maximum Gasteiger partial charge on any atom is 0.250 e. The van der Waals surface area contributed by atoms with Crippen LogP contribution in [0, 0.1) is 19.7 Å². The summed E-state index contributed by atoms with van der Waals surface area (Å²) in [5.74, 6) is -0.423. The Morgan fingerprint density at radius 1 is 1.23 bits per heavy atom. The highest BCUT2D eigenvalue weighted by atomic mass is 32.2. The van der Waals surface area contributed by atoms with Gasteiger partial charge in [-0.1, -0.05) is 29.8 Å². The van der Waals surface area contributed by atoms with E-state index in [-0.39, 0.29) is 17.5 Å². The lowest BCUT2D eigenvalue weighted by Crippen LogP contribution is -2.19. The average Bonchev–Trinajstić information content (AvgIpc) is 2.61. The Bertz CT molecular complexity index is 988. The lowest BCUT2D eigenvalue weighted by Gasteiger charge is -2.08. The highest BCUT2D eigenvalue weighted by Crippen LogP contribution is 2.28. The molecule has 6 heteroatoms. The summed E-state index contributed by atoms with van der Waals surface area (Å²) in [7, 11) is 0. The van der Waals surface area contributed by atoms with E-state index >= 15 is 0 Å². The van der Waals surface area contributed by atoms with E-state index in [4.69, 9.17) is 0 Å². The standard InChI is InChI=1S/C20H18FN3OS/c1-13-7-8-18-16(9-13)19(10-14(2)23-18)26-12-20(25)24-22-11-15-5-3-4-6-17(15)21/h3-11H,12H2,1-2H3,(H,24,25)/b22-11+. The van der Waals surface area contributed by atoms with Crippen LogP contribution in [0.5, 0.6) is 0 Å². The van der Waals surface area contributed by atoms with Gasteiger partial charge >= 0.3 is 0 Å². The zero-order valence-electron chi connectivity index (χ0n) is 14.5. The van der Waals surface area contributed by atoms with Gasteiger partial charge in [0.25, 0.3) is 0 Å². The van der Waals surface area contributed by atoms with Gasteiger partial charge in [-0.3, -0.25) is 9.78 Å². The summed E-state index contributed by atoms with van der Waals surface area (Å²) in [4.78, 5) is 17.6. The van der Waals surface area contributed by atoms with E-state index in [0.717, 1.165) is 27.1 Å². The van der Waals surface area contributed by atoms with Crippen LogP contribution in [0.4, 0.5) is 4.39 Å². The second-order valence-electron chi connectivity index (χ2n) is 5.89. The van der Waals surface area contributed by atoms with E-state index in [9.17, 15) is 9.18 Å². The van der Waals surface area contributed by atoms with E-state index in [0.29, 0.717) is 5.56 Å². The van der Waals surface area contributed by atoms with Crippen molar-refractivity contribution in [2.75, 3.05) is 5.75 Å². The Labute approximate surface area is 155 Å². The summed E-state index contributed by atoms with van der Waals surface area (Å²) in [5.41, 5.74) is 5.72. The zero-order chi connectivity index (χ0) is 18.5. The number of amides is 1. The Hall–Kier alpha value is -2.73. The second-order valence-corrected chi connectivity index (χ2v) is 6.90. The molecule has 0 bridgehead atoms. The van der Waals surface area contributed by atoms with Crippen molar-refractivity contribution in [1.29, 1.82) is 0 Å². The van der Waals surface area contributed by atoms with Gasteiger partial charge in [-0.2, -0.15) is 5.10 Å². The Kier molecular flexibility index (Phi) is 5.63. The third-order valence-corrected chi connectivity index (χ3v) is 4.77. The molecule has 0 spiro atoms. The molecule has 0 saturated heterocycles. The van der Waals surface area contributed by atoms with Crippen molar-refractivity contribution in [2.45, 2.75) is 18.7 Å². The van der Waals surface area contributed by atoms with Crippen molar-refractivity contribution >= 4 is 34.8 Å². The Morgan fingerprint density at radius 3 is 2.85 bits per heavy atom. The number of halogens is 1. The molecule has 132 valence electrons. The first kappa shape index (κ1) is 18.1. The molecule has 3 aromatic rings. The van der Waals surface area contributed by atoms with Crippen LogP contribution in [0.1, 0.15) is 16.8 Å². The molecule has 0 radical (unpaired) electrons. The van der Waals surface area contributed by atoms with Gasteiger partial charge in [0, 0.05) is 21.5 Å². The number of carbonyl (C=O) groups is 1. The first-order chi connectivity index (χ1) is 12.5. The largest absolute Gasteiger partial charge is 0.272 e. The molecule has 0 aliphatic carbocycles. The fraction of sp³-hybridized carbons (Fsp3) is 0.150. The Morgan fingerprint density at radius 2 is 2.04 bits per heavy atom. The molecule has 1 N–H and O–H groups in total. The number of fused-ring (bicyclic) bond motifs is 1. The van der Waals surface area contributed by atoms with Gasteiger partial charge in [-0.15, -0.1) is 11.8 Å². The fourth-order valence-electron chi connectivity index (χ4n) is 2.48. The van der Waals surface area contributed by atoms with Crippen molar-refractivity contribution in [3.8, 4) is 0 Å². The minimum atomic E-state index is -0.381. The van der Waals surface area contributed by atoms with E-state index < -0.39 is 0 Å². The number of pyridine rings is 1. The van der Waals surface area contributed by atoms with Crippen molar-refractivity contribution in [3.63, 3.8) is 0 Å². The van der Waals surface area contributed by atoms with Crippen molar-refractivity contribution in [1.82, 2.24) is 10.4 Å². The van der Waals surface area contributed by atoms with Crippen LogP contribution < -0.4 is 5.43 Å². The number of nitrogens with zero attached hydrogens (tertiary/aromatic N) is 2. The summed E-state index contributed by atoms with van der Waals surface area (Å²) in [6.45, 7) is 3.96. The lowest BCUT2D eigenvalue weighted by atomic mass is 10.1. The molecule has 4 nitrogen and oxygen atoms in total. The predicted molar refractivity (Wildman–Crippen MR) is 104 cm³/mol. The van der Waals surface area contributed by atoms with E-state index in [1.165, 1.54) is 24.0 Å². The number of thioether (sulfide) groups is 1. The number of hydrogen-bond acceptors (Lipinski definition) is 4. The van der Waals surface area contributed by atoms with Gasteiger partial charge < -0.3 is 0 Å². The average molecular weight is 367 g/mol. The quantitative estimate of drug-likeness (QED) is 0.417. The summed E-state index contributed by atoms with van der Waals surface area (Å²) in [6.07, 6.45) is 1.30. The first-order valence-corrected chi connectivity index (χ1v) is 9.09. The molecule has 2 aromatic carbocycles. The van der Waals surface area contributed by atoms with Gasteiger partial charge in [-0.25, -0.2) is 9.82 Å². The highest BCUT2D eigenvalue weighted by Gasteiger charge is 2.08. The van der Waals surface area contributed by atoms with Gasteiger partial charge in [-0.05, 0) is 38.1 Å². The molecular weight excluding hydrogens is 349 g/mol. The number of aryl methyl sites for hydroxylation is 2. The van der Waals surface area contributed by atoms with E-state index in [1.807, 2.05) is 32.0 Å². The summed E-state index contributed by atoms with van der Waals surface area (Å²) in [5, 5.41) is 4.85. The molecule has 0 aliphatic heterocycles. The highest BCUT2D eigenvalue weighted by molar-refractivity contribution is 8.00. The SMILES string of the molecule is Cc1ccc2nc(C)cc(SCC(=O)N/N=C/c3ccccc3F)c2c1. The van der Waals surface area contributed by atoms with Crippen LogP contribution in [-0.4, -0.2) is 22.9 Å². The Balaban J connectivity index is 1.65. The molecule has 1 aromatic heterocycles. The van der Waals surface area contributed by atoms with Gasteiger partial charge in [0.1, 0.15) is 5.82 Å². The molecular formula is C20H18FN3OS. The first-order valence-electron chi connectivity index (χ1n) is 8.10. The molecule has 0 unspecified atom stereocenters. The number of nitrogens with one attached hydrogen (secondary N) is 1. The van der Waals surface area contributed by atoms with Crippen LogP contribution in [0.15, 0.2) is 58.5 Å². The van der Waals surface area contributed by atoms with Crippen LogP contribution in [0.2, 0.25) is 0 Å². The van der Waals surface area contributed by atoms with Gasteiger partial charge in [0.15, 0.2) is 0 Å². The number of aromatic nitrogens is 1. The van der Waals surface area contributed by atoms with Crippen molar-refractivity contribution in [2.24, 2.45) is 5.10 Å². The topological polar surface area (TPSA) is 54.4 Å². The smallest absolute Gasteiger partial charge is 0.250 e. The minimum Gasteiger partial charge on any atom is -0.272 e. The van der Waals surface area contributed by atoms with Crippen LogP contribution >= 0.6 is 11.8 Å². The number of rotatable bonds is 5. The number of hydrazone groups is 1. The molecule has 0 fully saturated rings. The lowest BCUT2D eigenvalue weighted by molar-refractivity contribution is -0.118. The van der Waals surface area contributed by atoms with Gasteiger partial charge in [0.2, 0.25) is 5.91 Å². The zero-order valence-corrected chi connectivity index (χ0v) is 15.3. The minimum absolute atomic E-state index is 0.209. The third kappa shape index (κ3) is 4.46. The molecule has 0 atom stereocenters. The third-order valence-electron chi connectivity index (χ3n) is 3.71. The molecule has 0 saturated carbocycles. The van der Waals surface area contributed by atoms with Gasteiger partial charge in [0.05, 0.1) is 17.5 Å². The van der Waals surface area contributed by atoms with Crippen molar-refractivity contribution < 1.29 is 9.18 Å². The van der Waals surface area contributed by atoms with Crippen LogP contribution in [0.25, 0.3) is 10.9 Å². The summed E-state index contributed by atoms with van der Waals surface area (Å²) in [6, 6.07) is 14.3. The van der Waals surface area contributed by atoms with E-state index in [2.05, 4.69) is 21.6 Å². The summed E-state index contributed by atoms with van der Waals surface area (Å²) < 4.78 is 13.5. The second kappa shape index (κ2) is 8.10. The number of benzene rings is 2. The van der Waals surface area contributed by atoms with E-state index in [1.54, 1.807) is 18.2 Å². The molecule has 0 aliphatic rings. The normalized spacial score (nSPS) is 11.2. The maximum atomic E-state index is 13.5. The molecule has 1 heterocycles. The maximum absolute atomic E-state index is 13.5. The number of carbonyl (C=O) groups excluding carboxylic acids is 1. The molecule has 1 amide bonds. The number of hydrogen-bond donors (Lipinski definition) is 1. The van der Waals surface area contributed by atoms with Crippen LogP contribution in [-0.2, 0) is 4.79 Å². The van der Waals surface area contributed by atoms with Crippen LogP contribution in [0.3, 0.4) is 0 Å². The predicted octanol–water partition coefficient (Wildman–Crippen LogP) is 4.23. The molecule has 3 rings (SSSR count). The summed E-state index contributed by atoms with van der Waals surface area (Å²) >= 11 is 1.43. The fourth-order valence-corrected chi connectivity index (χ4v) is 3.41. The molecule has 26 heavy (non-hydrogen) atoms. The van der Waals surface area contributed by atoms with Crippen molar-refractivity contribution in [3.05, 3.63) is 71.2 Å². The monoisotopic (exact) mass is 367 g/mol.